The van der Waals surface area contributed by atoms with Crippen LogP contribution >= 0.6 is 0 Å². The van der Waals surface area contributed by atoms with E-state index in [1.165, 1.54) is 29.5 Å². The summed E-state index contributed by atoms with van der Waals surface area (Å²) in [7, 11) is 1.75. The Hall–Kier alpha value is -1.42. The quantitative estimate of drug-likeness (QED) is 0.930. The molecule has 0 saturated carbocycles. The van der Waals surface area contributed by atoms with Crippen LogP contribution in [0.3, 0.4) is 0 Å². The van der Waals surface area contributed by atoms with Gasteiger partial charge in [-0.1, -0.05) is 0 Å². The molecule has 2 atom stereocenters. The van der Waals surface area contributed by atoms with E-state index >= 15 is 0 Å². The second-order valence-electron chi connectivity index (χ2n) is 7.29. The maximum atomic E-state index is 6.23. The average Bonchev–Trinajstić information content (AvgIpc) is 3.11. The zero-order chi connectivity index (χ0) is 16.0. The molecule has 1 aromatic carbocycles. The predicted octanol–water partition coefficient (Wildman–Crippen LogP) is 2.88. The average molecular weight is 317 g/mol. The largest absolute Gasteiger partial charge is 0.492 e. The summed E-state index contributed by atoms with van der Waals surface area (Å²) in [6, 6.07) is 0. The number of piperidine rings is 1. The first-order valence-electron chi connectivity index (χ1n) is 8.96. The van der Waals surface area contributed by atoms with E-state index in [-0.39, 0.29) is 12.2 Å². The number of hydrogen-bond donors (Lipinski definition) is 1. The molecule has 0 amide bonds. The van der Waals surface area contributed by atoms with E-state index in [2.05, 4.69) is 19.2 Å². The standard InChI is InChI=1S/C19H27NO3/c1-11-8-14-15(10-13-4-6-20-7-5-13)17-16(9-12(2)22-17)18(21-3)19(14)23-11/h11-13,20H,4-10H2,1-3H3. The molecule has 1 fully saturated rings. The van der Waals surface area contributed by atoms with Crippen molar-refractivity contribution in [3.63, 3.8) is 0 Å². The zero-order valence-electron chi connectivity index (χ0n) is 14.4. The van der Waals surface area contributed by atoms with E-state index in [1.54, 1.807) is 7.11 Å². The van der Waals surface area contributed by atoms with Gasteiger partial charge >= 0.3 is 0 Å². The molecular formula is C19H27NO3. The Labute approximate surface area is 138 Å². The van der Waals surface area contributed by atoms with E-state index < -0.39 is 0 Å². The fourth-order valence-corrected chi connectivity index (χ4v) is 4.37. The van der Waals surface area contributed by atoms with Crippen molar-refractivity contribution in [1.82, 2.24) is 5.32 Å². The highest BCUT2D eigenvalue weighted by Gasteiger charge is 2.37. The molecule has 0 bridgehead atoms. The SMILES string of the molecule is COc1c2c(c(CC3CCNCC3)c3c1OC(C)C3)OC(C)C2. The summed E-state index contributed by atoms with van der Waals surface area (Å²) in [5.74, 6) is 3.75. The van der Waals surface area contributed by atoms with Gasteiger partial charge in [-0.2, -0.15) is 0 Å². The van der Waals surface area contributed by atoms with Crippen molar-refractivity contribution in [1.29, 1.82) is 0 Å². The van der Waals surface area contributed by atoms with E-state index in [1.807, 2.05) is 0 Å². The molecule has 0 radical (unpaired) electrons. The number of benzene rings is 1. The van der Waals surface area contributed by atoms with E-state index in [0.29, 0.717) is 0 Å². The molecule has 4 heteroatoms. The van der Waals surface area contributed by atoms with Crippen molar-refractivity contribution in [3.05, 3.63) is 16.7 Å². The monoisotopic (exact) mass is 317 g/mol. The van der Waals surface area contributed by atoms with Crippen molar-refractivity contribution < 1.29 is 14.2 Å². The smallest absolute Gasteiger partial charge is 0.168 e. The molecule has 3 aliphatic heterocycles. The van der Waals surface area contributed by atoms with Gasteiger partial charge in [0.2, 0.25) is 0 Å². The Morgan fingerprint density at radius 1 is 1.00 bits per heavy atom. The third-order valence-corrected chi connectivity index (χ3v) is 5.44. The first kappa shape index (κ1) is 15.1. The van der Waals surface area contributed by atoms with Gasteiger partial charge in [0, 0.05) is 29.5 Å². The van der Waals surface area contributed by atoms with Crippen LogP contribution in [0.5, 0.6) is 17.2 Å². The molecule has 126 valence electrons. The van der Waals surface area contributed by atoms with Gasteiger partial charge in [-0.05, 0) is 52.1 Å². The van der Waals surface area contributed by atoms with Crippen LogP contribution in [0, 0.1) is 5.92 Å². The molecule has 4 rings (SSSR count). The van der Waals surface area contributed by atoms with Crippen molar-refractivity contribution >= 4 is 0 Å². The second-order valence-corrected chi connectivity index (χ2v) is 7.29. The number of rotatable bonds is 3. The Bertz CT molecular complexity index is 568. The first-order valence-corrected chi connectivity index (χ1v) is 8.96. The summed E-state index contributed by atoms with van der Waals surface area (Å²) in [4.78, 5) is 0. The minimum Gasteiger partial charge on any atom is -0.492 e. The van der Waals surface area contributed by atoms with Crippen LogP contribution in [-0.2, 0) is 19.3 Å². The molecule has 1 saturated heterocycles. The van der Waals surface area contributed by atoms with Crippen LogP contribution in [0.1, 0.15) is 43.4 Å². The normalized spacial score (nSPS) is 26.4. The lowest BCUT2D eigenvalue weighted by Crippen LogP contribution is -2.29. The van der Waals surface area contributed by atoms with Gasteiger partial charge in [0.05, 0.1) is 7.11 Å². The lowest BCUT2D eigenvalue weighted by molar-refractivity contribution is 0.242. The number of methoxy groups -OCH3 is 1. The van der Waals surface area contributed by atoms with Gasteiger partial charge in [-0.15, -0.1) is 0 Å². The number of nitrogens with one attached hydrogen (secondary N) is 1. The van der Waals surface area contributed by atoms with Crippen LogP contribution in [0.25, 0.3) is 0 Å². The fraction of sp³-hybridized carbons (Fsp3) is 0.684. The second kappa shape index (κ2) is 5.90. The molecule has 0 spiro atoms. The van der Waals surface area contributed by atoms with Gasteiger partial charge < -0.3 is 19.5 Å². The zero-order valence-corrected chi connectivity index (χ0v) is 14.4. The molecule has 2 unspecified atom stereocenters. The molecule has 4 nitrogen and oxygen atoms in total. The minimum atomic E-state index is 0.227. The van der Waals surface area contributed by atoms with Gasteiger partial charge in [-0.3, -0.25) is 0 Å². The number of hydrogen-bond acceptors (Lipinski definition) is 4. The molecule has 3 heterocycles. The predicted molar refractivity (Wildman–Crippen MR) is 89.9 cm³/mol. The van der Waals surface area contributed by atoms with Crippen molar-refractivity contribution in [3.8, 4) is 17.2 Å². The van der Waals surface area contributed by atoms with Crippen LogP contribution in [0.4, 0.5) is 0 Å². The number of ether oxygens (including phenoxy) is 3. The van der Waals surface area contributed by atoms with E-state index in [9.17, 15) is 0 Å². The highest BCUT2D eigenvalue weighted by molar-refractivity contribution is 5.66. The van der Waals surface area contributed by atoms with Crippen molar-refractivity contribution in [2.45, 2.75) is 58.2 Å². The van der Waals surface area contributed by atoms with Crippen molar-refractivity contribution in [2.24, 2.45) is 5.92 Å². The number of fused-ring (bicyclic) bond motifs is 2. The molecule has 0 aromatic heterocycles. The summed E-state index contributed by atoms with van der Waals surface area (Å²) in [5.41, 5.74) is 3.95. The topological polar surface area (TPSA) is 39.7 Å². The highest BCUT2D eigenvalue weighted by atomic mass is 16.5. The van der Waals surface area contributed by atoms with Crippen LogP contribution in [-0.4, -0.2) is 32.4 Å². The fourth-order valence-electron chi connectivity index (χ4n) is 4.37. The Balaban J connectivity index is 1.78. The molecule has 0 aliphatic carbocycles. The maximum Gasteiger partial charge on any atom is 0.168 e. The molecular weight excluding hydrogens is 290 g/mol. The summed E-state index contributed by atoms with van der Waals surface area (Å²) in [6.07, 6.45) is 5.96. The Morgan fingerprint density at radius 3 is 2.35 bits per heavy atom. The summed E-state index contributed by atoms with van der Waals surface area (Å²) in [6.45, 7) is 6.55. The minimum absolute atomic E-state index is 0.227. The van der Waals surface area contributed by atoms with Gasteiger partial charge in [0.1, 0.15) is 18.0 Å². The highest BCUT2D eigenvalue weighted by Crippen LogP contribution is 2.51. The van der Waals surface area contributed by atoms with Crippen LogP contribution in [0.15, 0.2) is 0 Å². The Morgan fingerprint density at radius 2 is 1.65 bits per heavy atom. The van der Waals surface area contributed by atoms with E-state index in [4.69, 9.17) is 14.2 Å². The maximum absolute atomic E-state index is 6.23. The first-order chi connectivity index (χ1) is 11.2. The van der Waals surface area contributed by atoms with Gasteiger partial charge in [0.25, 0.3) is 0 Å². The summed E-state index contributed by atoms with van der Waals surface area (Å²) < 4.78 is 18.1. The van der Waals surface area contributed by atoms with E-state index in [0.717, 1.165) is 55.5 Å². The van der Waals surface area contributed by atoms with Gasteiger partial charge in [-0.25, -0.2) is 0 Å². The van der Waals surface area contributed by atoms with Crippen LogP contribution in [0.2, 0.25) is 0 Å². The third kappa shape index (κ3) is 2.57. The summed E-state index contributed by atoms with van der Waals surface area (Å²) >= 11 is 0. The van der Waals surface area contributed by atoms with Crippen molar-refractivity contribution in [2.75, 3.05) is 20.2 Å². The lowest BCUT2D eigenvalue weighted by Gasteiger charge is -2.25. The van der Waals surface area contributed by atoms with Crippen LogP contribution < -0.4 is 19.5 Å². The lowest BCUT2D eigenvalue weighted by atomic mass is 9.86. The molecule has 1 N–H and O–H groups in total. The van der Waals surface area contributed by atoms with Gasteiger partial charge in [0.15, 0.2) is 11.5 Å². The molecule has 3 aliphatic rings. The molecule has 1 aromatic rings. The Kier molecular flexibility index (Phi) is 3.88. The third-order valence-electron chi connectivity index (χ3n) is 5.44. The molecule has 23 heavy (non-hydrogen) atoms. The summed E-state index contributed by atoms with van der Waals surface area (Å²) in [5, 5.41) is 3.46.